The van der Waals surface area contributed by atoms with E-state index in [1.165, 1.54) is 6.42 Å². The van der Waals surface area contributed by atoms with Crippen LogP contribution in [0.15, 0.2) is 9.59 Å². The molecule has 21 heavy (non-hydrogen) atoms. The second-order valence-corrected chi connectivity index (χ2v) is 5.41. The van der Waals surface area contributed by atoms with Gasteiger partial charge in [-0.3, -0.25) is 14.6 Å². The minimum absolute atomic E-state index is 0.181. The number of H-pyrrole nitrogens is 2. The van der Waals surface area contributed by atoms with E-state index in [2.05, 4.69) is 10.3 Å². The Hall–Kier alpha value is -2.09. The second-order valence-electron chi connectivity index (χ2n) is 5.41. The summed E-state index contributed by atoms with van der Waals surface area (Å²) >= 11 is 0. The molecule has 8 heteroatoms. The van der Waals surface area contributed by atoms with Crippen LogP contribution in [0.4, 0.5) is 5.69 Å². The number of aromatic nitrogens is 2. The van der Waals surface area contributed by atoms with Gasteiger partial charge in [-0.15, -0.1) is 0 Å². The lowest BCUT2D eigenvalue weighted by Gasteiger charge is -2.30. The summed E-state index contributed by atoms with van der Waals surface area (Å²) in [5.74, 6) is -0.251. The molecule has 1 aromatic heterocycles. The molecule has 0 aromatic carbocycles. The third-order valence-corrected chi connectivity index (χ3v) is 4.00. The van der Waals surface area contributed by atoms with Crippen molar-refractivity contribution in [3.63, 3.8) is 0 Å². The molecule has 1 unspecified atom stereocenters. The van der Waals surface area contributed by atoms with Gasteiger partial charge in [-0.2, -0.15) is 0 Å². The lowest BCUT2D eigenvalue weighted by Crippen LogP contribution is -2.47. The smallest absolute Gasteiger partial charge is 0.326 e. The Balaban J connectivity index is 2.16. The van der Waals surface area contributed by atoms with Crippen molar-refractivity contribution in [3.8, 4) is 0 Å². The molecule has 0 saturated heterocycles. The van der Waals surface area contributed by atoms with Crippen molar-refractivity contribution in [2.45, 2.75) is 38.1 Å². The average Bonchev–Trinajstić information content (AvgIpc) is 2.49. The molecule has 1 amide bonds. The highest BCUT2D eigenvalue weighted by atomic mass is 16.2. The van der Waals surface area contributed by atoms with E-state index >= 15 is 0 Å². The summed E-state index contributed by atoms with van der Waals surface area (Å²) in [4.78, 5) is 39.1. The lowest BCUT2D eigenvalue weighted by atomic mass is 9.84. The van der Waals surface area contributed by atoms with Crippen LogP contribution in [0.2, 0.25) is 0 Å². The Morgan fingerprint density at radius 3 is 2.52 bits per heavy atom. The molecule has 1 saturated carbocycles. The predicted octanol–water partition coefficient (Wildman–Crippen LogP) is -0.717. The number of nitrogens with two attached hydrogens (primary N) is 2. The monoisotopic (exact) mass is 295 g/mol. The zero-order valence-electron chi connectivity index (χ0n) is 11.8. The number of aromatic amines is 2. The first-order valence-electron chi connectivity index (χ1n) is 7.16. The number of rotatable bonds is 4. The standard InChI is InChI=1S/C13H21N5O3/c14-6-8(7-4-2-1-3-5-7)16-12(20)10-9(15)11(19)18-13(21)17-10/h7-8H,1-6,14-15H2,(H,16,20)(H2,17,18,19,21). The summed E-state index contributed by atoms with van der Waals surface area (Å²) in [5.41, 5.74) is 9.24. The van der Waals surface area contributed by atoms with Crippen LogP contribution in [-0.4, -0.2) is 28.5 Å². The van der Waals surface area contributed by atoms with Crippen molar-refractivity contribution in [2.24, 2.45) is 11.7 Å². The number of anilines is 1. The van der Waals surface area contributed by atoms with Gasteiger partial charge in [0, 0.05) is 12.6 Å². The molecule has 8 nitrogen and oxygen atoms in total. The fourth-order valence-corrected chi connectivity index (χ4v) is 2.82. The number of carbonyl (C=O) groups excluding carboxylic acids is 1. The Bertz CT molecular complexity index is 615. The van der Waals surface area contributed by atoms with Crippen molar-refractivity contribution in [1.82, 2.24) is 15.3 Å². The van der Waals surface area contributed by atoms with Crippen LogP contribution in [0.3, 0.4) is 0 Å². The van der Waals surface area contributed by atoms with Crippen LogP contribution in [0.5, 0.6) is 0 Å². The first-order valence-corrected chi connectivity index (χ1v) is 7.16. The quantitative estimate of drug-likeness (QED) is 0.497. The van der Waals surface area contributed by atoms with Crippen LogP contribution in [0.25, 0.3) is 0 Å². The van der Waals surface area contributed by atoms with Crippen molar-refractivity contribution >= 4 is 11.6 Å². The minimum Gasteiger partial charge on any atom is -0.392 e. The molecular formula is C13H21N5O3. The average molecular weight is 295 g/mol. The lowest BCUT2D eigenvalue weighted by molar-refractivity contribution is 0.0911. The fraction of sp³-hybridized carbons (Fsp3) is 0.615. The van der Waals surface area contributed by atoms with E-state index in [1.54, 1.807) is 0 Å². The third-order valence-electron chi connectivity index (χ3n) is 4.00. The SMILES string of the molecule is NCC(NC(=O)c1[nH]c(=O)[nH]c(=O)c1N)C1CCCCC1. The molecule has 0 aliphatic heterocycles. The molecular weight excluding hydrogens is 274 g/mol. The highest BCUT2D eigenvalue weighted by Gasteiger charge is 2.25. The summed E-state index contributed by atoms with van der Waals surface area (Å²) in [6, 6.07) is -0.181. The van der Waals surface area contributed by atoms with Crippen LogP contribution in [0, 0.1) is 5.92 Å². The van der Waals surface area contributed by atoms with Gasteiger partial charge in [0.15, 0.2) is 0 Å². The number of amides is 1. The number of nitrogens with one attached hydrogen (secondary N) is 3. The molecule has 116 valence electrons. The van der Waals surface area contributed by atoms with Gasteiger partial charge in [0.2, 0.25) is 0 Å². The molecule has 1 heterocycles. The minimum atomic E-state index is -0.772. The first kappa shape index (κ1) is 15.3. The summed E-state index contributed by atoms with van der Waals surface area (Å²) in [6.07, 6.45) is 5.49. The fourth-order valence-electron chi connectivity index (χ4n) is 2.82. The number of hydrogen-bond acceptors (Lipinski definition) is 5. The van der Waals surface area contributed by atoms with Crippen LogP contribution in [-0.2, 0) is 0 Å². The van der Waals surface area contributed by atoms with E-state index in [0.717, 1.165) is 25.7 Å². The van der Waals surface area contributed by atoms with Gasteiger partial charge >= 0.3 is 5.69 Å². The van der Waals surface area contributed by atoms with Crippen molar-refractivity contribution in [3.05, 3.63) is 26.5 Å². The van der Waals surface area contributed by atoms with Gasteiger partial charge in [0.25, 0.3) is 11.5 Å². The number of carbonyl (C=O) groups is 1. The van der Waals surface area contributed by atoms with Crippen molar-refractivity contribution in [2.75, 3.05) is 12.3 Å². The molecule has 1 atom stereocenters. The van der Waals surface area contributed by atoms with E-state index in [1.807, 2.05) is 4.98 Å². The zero-order valence-corrected chi connectivity index (χ0v) is 11.8. The Labute approximate surface area is 121 Å². The molecule has 1 aromatic rings. The van der Waals surface area contributed by atoms with E-state index < -0.39 is 17.2 Å². The van der Waals surface area contributed by atoms with Crippen LogP contribution >= 0.6 is 0 Å². The van der Waals surface area contributed by atoms with E-state index in [0.29, 0.717) is 12.5 Å². The predicted molar refractivity (Wildman–Crippen MR) is 79.0 cm³/mol. The van der Waals surface area contributed by atoms with Gasteiger partial charge in [-0.05, 0) is 18.8 Å². The van der Waals surface area contributed by atoms with E-state index in [9.17, 15) is 14.4 Å². The summed E-state index contributed by atoms with van der Waals surface area (Å²) in [5, 5.41) is 2.78. The highest BCUT2D eigenvalue weighted by Crippen LogP contribution is 2.26. The van der Waals surface area contributed by atoms with Gasteiger partial charge < -0.3 is 21.8 Å². The van der Waals surface area contributed by atoms with Gasteiger partial charge in [0.1, 0.15) is 11.4 Å². The highest BCUT2D eigenvalue weighted by molar-refractivity contribution is 5.96. The van der Waals surface area contributed by atoms with Crippen molar-refractivity contribution < 1.29 is 4.79 Å². The Kier molecular flexibility index (Phi) is 4.79. The second kappa shape index (κ2) is 6.57. The summed E-state index contributed by atoms with van der Waals surface area (Å²) < 4.78 is 0. The Morgan fingerprint density at radius 2 is 1.90 bits per heavy atom. The van der Waals surface area contributed by atoms with Gasteiger partial charge in [-0.25, -0.2) is 4.79 Å². The molecule has 1 aliphatic rings. The molecule has 1 aliphatic carbocycles. The van der Waals surface area contributed by atoms with Crippen LogP contribution in [0.1, 0.15) is 42.6 Å². The topological polar surface area (TPSA) is 147 Å². The Morgan fingerprint density at radius 1 is 1.24 bits per heavy atom. The third kappa shape index (κ3) is 3.52. The maximum Gasteiger partial charge on any atom is 0.326 e. The number of hydrogen-bond donors (Lipinski definition) is 5. The maximum atomic E-state index is 12.2. The molecule has 2 rings (SSSR count). The first-order chi connectivity index (χ1) is 10.0. The van der Waals surface area contributed by atoms with Crippen molar-refractivity contribution in [1.29, 1.82) is 0 Å². The van der Waals surface area contributed by atoms with E-state index in [-0.39, 0.29) is 17.4 Å². The van der Waals surface area contributed by atoms with Crippen LogP contribution < -0.4 is 28.0 Å². The zero-order chi connectivity index (χ0) is 15.4. The van der Waals surface area contributed by atoms with E-state index in [4.69, 9.17) is 11.5 Å². The number of nitrogen functional groups attached to an aromatic ring is 1. The summed E-state index contributed by atoms with van der Waals surface area (Å²) in [7, 11) is 0. The van der Waals surface area contributed by atoms with Gasteiger partial charge in [0.05, 0.1) is 0 Å². The molecule has 7 N–H and O–H groups in total. The molecule has 0 bridgehead atoms. The molecule has 0 spiro atoms. The maximum absolute atomic E-state index is 12.2. The molecule has 1 fully saturated rings. The normalized spacial score (nSPS) is 17.4. The molecule has 0 radical (unpaired) electrons. The summed E-state index contributed by atoms with van der Waals surface area (Å²) in [6.45, 7) is 0.309. The van der Waals surface area contributed by atoms with Gasteiger partial charge in [-0.1, -0.05) is 19.3 Å². The largest absolute Gasteiger partial charge is 0.392 e.